The van der Waals surface area contributed by atoms with Crippen molar-refractivity contribution in [1.29, 1.82) is 0 Å². The zero-order valence-electron chi connectivity index (χ0n) is 13.4. The van der Waals surface area contributed by atoms with E-state index in [-0.39, 0.29) is 13.1 Å². The molecule has 154 valence electrons. The summed E-state index contributed by atoms with van der Waals surface area (Å²) in [7, 11) is 0. The summed E-state index contributed by atoms with van der Waals surface area (Å²) in [5.74, 6) is -8.80. The minimum absolute atomic E-state index is 0.133. The van der Waals surface area contributed by atoms with Crippen molar-refractivity contribution < 1.29 is 49.0 Å². The van der Waals surface area contributed by atoms with Gasteiger partial charge in [0, 0.05) is 19.5 Å². The van der Waals surface area contributed by atoms with Crippen molar-refractivity contribution in [3.05, 3.63) is 0 Å². The molecule has 4 atom stereocenters. The van der Waals surface area contributed by atoms with Gasteiger partial charge in [0.1, 0.15) is 6.10 Å². The van der Waals surface area contributed by atoms with Gasteiger partial charge in [-0.2, -0.15) is 22.0 Å². The molecule has 0 aliphatic carbocycles. The van der Waals surface area contributed by atoms with Crippen LogP contribution in [0.3, 0.4) is 0 Å². The molecule has 0 spiro atoms. The fourth-order valence-electron chi connectivity index (χ4n) is 2.89. The second-order valence-corrected chi connectivity index (χ2v) is 6.40. The van der Waals surface area contributed by atoms with Crippen molar-refractivity contribution in [2.24, 2.45) is 0 Å². The van der Waals surface area contributed by atoms with E-state index in [4.69, 9.17) is 0 Å². The van der Waals surface area contributed by atoms with E-state index in [1.54, 1.807) is 0 Å². The van der Waals surface area contributed by atoms with Gasteiger partial charge in [0.25, 0.3) is 12.1 Å². The average molecular weight is 403 g/mol. The Hall–Kier alpha value is -0.750. The number of nitrogens with zero attached hydrogens (tertiary/aromatic N) is 1. The molecule has 2 aliphatic heterocycles. The summed E-state index contributed by atoms with van der Waals surface area (Å²) in [5, 5.41) is 0. The summed E-state index contributed by atoms with van der Waals surface area (Å²) in [4.78, 5) is 0.917. The van der Waals surface area contributed by atoms with Crippen molar-refractivity contribution in [3.8, 4) is 0 Å². The van der Waals surface area contributed by atoms with E-state index in [0.29, 0.717) is 12.8 Å². The molecular formula is C14H18F9NO2. The highest BCUT2D eigenvalue weighted by Crippen LogP contribution is 2.39. The molecule has 0 aromatic carbocycles. The maximum atomic E-state index is 14.1. The van der Waals surface area contributed by atoms with Crippen LogP contribution in [0.4, 0.5) is 39.5 Å². The molecule has 0 bridgehead atoms. The van der Waals surface area contributed by atoms with Crippen LogP contribution in [-0.4, -0.2) is 73.9 Å². The van der Waals surface area contributed by atoms with Crippen molar-refractivity contribution in [2.45, 2.75) is 62.0 Å². The SMILES string of the molecule is FC(C(F)(F)F)C(F)(F)CC1COC(C(F)(F)C(F)N2CCCC2)CO1. The number of hydrogen-bond donors (Lipinski definition) is 0. The first-order valence-electron chi connectivity index (χ1n) is 7.93. The Labute approximate surface area is 143 Å². The van der Waals surface area contributed by atoms with Gasteiger partial charge in [-0.1, -0.05) is 0 Å². The third-order valence-electron chi connectivity index (χ3n) is 4.33. The smallest absolute Gasteiger partial charge is 0.373 e. The minimum Gasteiger partial charge on any atom is -0.373 e. The number of ether oxygens (including phenoxy) is 2. The Bertz CT molecular complexity index is 460. The highest BCUT2D eigenvalue weighted by molar-refractivity contribution is 4.91. The predicted molar refractivity (Wildman–Crippen MR) is 70.6 cm³/mol. The number of alkyl halides is 9. The van der Waals surface area contributed by atoms with Crippen LogP contribution in [-0.2, 0) is 9.47 Å². The summed E-state index contributed by atoms with van der Waals surface area (Å²) in [6.07, 6.45) is -17.2. The van der Waals surface area contributed by atoms with Crippen LogP contribution in [0.5, 0.6) is 0 Å². The molecule has 0 saturated carbocycles. The first-order chi connectivity index (χ1) is 11.9. The number of rotatable bonds is 6. The summed E-state index contributed by atoms with van der Waals surface area (Å²) in [6, 6.07) is 0. The average Bonchev–Trinajstić information content (AvgIpc) is 3.07. The quantitative estimate of drug-likeness (QED) is 0.499. The third-order valence-corrected chi connectivity index (χ3v) is 4.33. The summed E-state index contributed by atoms with van der Waals surface area (Å²) in [6.45, 7) is -1.65. The van der Waals surface area contributed by atoms with Gasteiger partial charge in [0.05, 0.1) is 19.3 Å². The van der Waals surface area contributed by atoms with E-state index in [0.717, 1.165) is 4.90 Å². The van der Waals surface area contributed by atoms with E-state index in [1.165, 1.54) is 0 Å². The Morgan fingerprint density at radius 1 is 0.885 bits per heavy atom. The van der Waals surface area contributed by atoms with Crippen molar-refractivity contribution in [1.82, 2.24) is 4.90 Å². The molecule has 0 amide bonds. The molecule has 2 fully saturated rings. The minimum atomic E-state index is -5.77. The molecule has 4 unspecified atom stereocenters. The molecule has 2 saturated heterocycles. The van der Waals surface area contributed by atoms with E-state index in [2.05, 4.69) is 9.47 Å². The molecule has 2 heterocycles. The molecule has 2 rings (SSSR count). The number of likely N-dealkylation sites (tertiary alicyclic amines) is 1. The number of hydrogen-bond acceptors (Lipinski definition) is 3. The van der Waals surface area contributed by atoms with E-state index in [9.17, 15) is 39.5 Å². The molecule has 2 aliphatic rings. The first kappa shape index (κ1) is 21.5. The molecule has 12 heteroatoms. The zero-order chi connectivity index (χ0) is 19.8. The van der Waals surface area contributed by atoms with Gasteiger partial charge in [-0.15, -0.1) is 0 Å². The topological polar surface area (TPSA) is 21.7 Å². The van der Waals surface area contributed by atoms with Crippen LogP contribution in [0.25, 0.3) is 0 Å². The fourth-order valence-corrected chi connectivity index (χ4v) is 2.89. The Balaban J connectivity index is 1.90. The van der Waals surface area contributed by atoms with Gasteiger partial charge in [-0.25, -0.2) is 17.6 Å². The highest BCUT2D eigenvalue weighted by Gasteiger charge is 2.58. The second kappa shape index (κ2) is 7.70. The monoisotopic (exact) mass is 403 g/mol. The molecule has 26 heavy (non-hydrogen) atoms. The van der Waals surface area contributed by atoms with Crippen LogP contribution < -0.4 is 0 Å². The maximum absolute atomic E-state index is 14.1. The van der Waals surface area contributed by atoms with Gasteiger partial charge in [0.15, 0.2) is 0 Å². The lowest BCUT2D eigenvalue weighted by Gasteiger charge is -2.38. The van der Waals surface area contributed by atoms with Crippen LogP contribution in [0.2, 0.25) is 0 Å². The predicted octanol–water partition coefficient (Wildman–Crippen LogP) is 3.72. The van der Waals surface area contributed by atoms with E-state index in [1.807, 2.05) is 0 Å². The van der Waals surface area contributed by atoms with Gasteiger partial charge in [-0.3, -0.25) is 4.90 Å². The molecule has 0 radical (unpaired) electrons. The maximum Gasteiger partial charge on any atom is 0.425 e. The molecule has 3 nitrogen and oxygen atoms in total. The molecule has 0 aromatic rings. The van der Waals surface area contributed by atoms with Crippen LogP contribution in [0, 0.1) is 0 Å². The van der Waals surface area contributed by atoms with Gasteiger partial charge in [-0.05, 0) is 12.8 Å². The van der Waals surface area contributed by atoms with Gasteiger partial charge < -0.3 is 9.47 Å². The zero-order valence-corrected chi connectivity index (χ0v) is 13.4. The highest BCUT2D eigenvalue weighted by atomic mass is 19.4. The van der Waals surface area contributed by atoms with E-state index >= 15 is 0 Å². The molecule has 0 N–H and O–H groups in total. The van der Waals surface area contributed by atoms with Crippen LogP contribution in [0.1, 0.15) is 19.3 Å². The van der Waals surface area contributed by atoms with Crippen molar-refractivity contribution >= 4 is 0 Å². The normalized spacial score (nSPS) is 29.0. The lowest BCUT2D eigenvalue weighted by atomic mass is 10.0. The Morgan fingerprint density at radius 3 is 1.92 bits per heavy atom. The summed E-state index contributed by atoms with van der Waals surface area (Å²) >= 11 is 0. The summed E-state index contributed by atoms with van der Waals surface area (Å²) < 4.78 is 127. The largest absolute Gasteiger partial charge is 0.425 e. The van der Waals surface area contributed by atoms with Crippen molar-refractivity contribution in [2.75, 3.05) is 26.3 Å². The van der Waals surface area contributed by atoms with Gasteiger partial charge >= 0.3 is 12.1 Å². The molecule has 0 aromatic heterocycles. The second-order valence-electron chi connectivity index (χ2n) is 6.40. The summed E-state index contributed by atoms with van der Waals surface area (Å²) in [5.41, 5.74) is 0. The lowest BCUT2D eigenvalue weighted by Crippen LogP contribution is -2.56. The van der Waals surface area contributed by atoms with E-state index < -0.39 is 62.3 Å². The van der Waals surface area contributed by atoms with Gasteiger partial charge in [0.2, 0.25) is 6.30 Å². The van der Waals surface area contributed by atoms with Crippen LogP contribution >= 0.6 is 0 Å². The Kier molecular flexibility index (Phi) is 6.39. The standard InChI is InChI=1S/C14H18F9NO2/c15-10(14(21,22)23)12(17,18)5-8-6-26-9(7-25-8)13(19,20)11(16)24-3-1-2-4-24/h8-11H,1-7H2. The third kappa shape index (κ3) is 4.75. The fraction of sp³-hybridized carbons (Fsp3) is 1.00. The van der Waals surface area contributed by atoms with Crippen molar-refractivity contribution in [3.63, 3.8) is 0 Å². The Morgan fingerprint density at radius 2 is 1.46 bits per heavy atom. The molecular weight excluding hydrogens is 385 g/mol. The first-order valence-corrected chi connectivity index (χ1v) is 7.93. The lowest BCUT2D eigenvalue weighted by molar-refractivity contribution is -0.274. The number of halogens is 9. The van der Waals surface area contributed by atoms with Crippen LogP contribution in [0.15, 0.2) is 0 Å².